The van der Waals surface area contributed by atoms with E-state index in [-0.39, 0.29) is 5.75 Å². The summed E-state index contributed by atoms with van der Waals surface area (Å²) in [7, 11) is 0. The minimum atomic E-state index is -2.98. The first kappa shape index (κ1) is 22.0. The summed E-state index contributed by atoms with van der Waals surface area (Å²) in [6.07, 6.45) is 0. The molecule has 0 saturated carbocycles. The molecule has 3 aromatic carbocycles. The van der Waals surface area contributed by atoms with Crippen LogP contribution in [0.2, 0.25) is 0 Å². The molecule has 0 saturated heterocycles. The van der Waals surface area contributed by atoms with Gasteiger partial charge in [-0.3, -0.25) is 9.59 Å². The number of primary amides is 1. The number of alkyl halides is 2. The Morgan fingerprint density at radius 2 is 1.45 bits per heavy atom. The van der Waals surface area contributed by atoms with Gasteiger partial charge < -0.3 is 15.4 Å². The maximum atomic E-state index is 13.5. The molecule has 3 rings (SSSR count). The van der Waals surface area contributed by atoms with Gasteiger partial charge in [0.2, 0.25) is 5.91 Å². The Hall–Kier alpha value is -3.74. The van der Waals surface area contributed by atoms with E-state index in [0.29, 0.717) is 16.7 Å². The molecule has 0 radical (unpaired) electrons. The molecule has 0 spiro atoms. The number of carbonyl (C=O) groups excluding carboxylic acids is 2. The van der Waals surface area contributed by atoms with Crippen molar-refractivity contribution in [3.63, 3.8) is 0 Å². The quantitative estimate of drug-likeness (QED) is 0.569. The van der Waals surface area contributed by atoms with E-state index in [1.807, 2.05) is 0 Å². The lowest BCUT2D eigenvalue weighted by atomic mass is 9.98. The van der Waals surface area contributed by atoms with Crippen LogP contribution < -0.4 is 10.5 Å². The van der Waals surface area contributed by atoms with Crippen LogP contribution in [0, 0.1) is 0 Å². The predicted octanol–water partition coefficient (Wildman–Crippen LogP) is 4.72. The SMILES string of the molecule is C[C@H](c1cccc(OC(F)F)c1)N(C(=O)c1ccccc1)[C@@H](C(N)=O)c1ccccc1. The molecule has 0 aliphatic carbocycles. The first-order chi connectivity index (χ1) is 14.9. The van der Waals surface area contributed by atoms with Crippen LogP contribution in [0.5, 0.6) is 5.75 Å². The van der Waals surface area contributed by atoms with E-state index in [1.54, 1.807) is 79.7 Å². The van der Waals surface area contributed by atoms with Crippen LogP contribution in [-0.4, -0.2) is 23.3 Å². The second-order valence-corrected chi connectivity index (χ2v) is 6.92. The van der Waals surface area contributed by atoms with Crippen molar-refractivity contribution < 1.29 is 23.1 Å². The fourth-order valence-corrected chi connectivity index (χ4v) is 3.46. The number of amides is 2. The van der Waals surface area contributed by atoms with E-state index in [9.17, 15) is 18.4 Å². The summed E-state index contributed by atoms with van der Waals surface area (Å²) in [6.45, 7) is -1.27. The third-order valence-corrected chi connectivity index (χ3v) is 4.90. The summed E-state index contributed by atoms with van der Waals surface area (Å²) >= 11 is 0. The number of halogens is 2. The Balaban J connectivity index is 2.09. The molecule has 0 unspecified atom stereocenters. The van der Waals surface area contributed by atoms with E-state index in [4.69, 9.17) is 5.73 Å². The molecule has 0 aromatic heterocycles. The van der Waals surface area contributed by atoms with Crippen LogP contribution >= 0.6 is 0 Å². The number of hydrogen-bond donors (Lipinski definition) is 1. The van der Waals surface area contributed by atoms with Gasteiger partial charge in [0.15, 0.2) is 0 Å². The zero-order valence-corrected chi connectivity index (χ0v) is 16.8. The number of rotatable bonds is 8. The molecule has 3 aromatic rings. The van der Waals surface area contributed by atoms with E-state index in [0.717, 1.165) is 0 Å². The maximum absolute atomic E-state index is 13.5. The molecule has 0 aliphatic heterocycles. The van der Waals surface area contributed by atoms with E-state index >= 15 is 0 Å². The van der Waals surface area contributed by atoms with Gasteiger partial charge in [-0.1, -0.05) is 60.7 Å². The highest BCUT2D eigenvalue weighted by Crippen LogP contribution is 2.33. The number of benzene rings is 3. The number of nitrogens with two attached hydrogens (primary N) is 1. The average molecular weight is 424 g/mol. The molecule has 2 atom stereocenters. The molecule has 0 fully saturated rings. The summed E-state index contributed by atoms with van der Waals surface area (Å²) in [5, 5.41) is 0. The van der Waals surface area contributed by atoms with Crippen LogP contribution in [0.15, 0.2) is 84.9 Å². The summed E-state index contributed by atoms with van der Waals surface area (Å²) < 4.78 is 29.8. The van der Waals surface area contributed by atoms with Crippen molar-refractivity contribution in [2.45, 2.75) is 25.6 Å². The van der Waals surface area contributed by atoms with Gasteiger partial charge >= 0.3 is 6.61 Å². The van der Waals surface area contributed by atoms with Gasteiger partial charge in [-0.25, -0.2) is 0 Å². The van der Waals surface area contributed by atoms with Crippen LogP contribution in [0.25, 0.3) is 0 Å². The van der Waals surface area contributed by atoms with Crippen molar-refractivity contribution >= 4 is 11.8 Å². The molecule has 2 N–H and O–H groups in total. The van der Waals surface area contributed by atoms with Crippen molar-refractivity contribution in [2.75, 3.05) is 0 Å². The van der Waals surface area contributed by atoms with Gasteiger partial charge in [-0.2, -0.15) is 8.78 Å². The molecule has 5 nitrogen and oxygen atoms in total. The summed E-state index contributed by atoms with van der Waals surface area (Å²) in [6, 6.07) is 21.5. The molecule has 31 heavy (non-hydrogen) atoms. The molecule has 160 valence electrons. The molecule has 2 amide bonds. The van der Waals surface area contributed by atoms with Gasteiger partial charge in [0.25, 0.3) is 5.91 Å². The minimum absolute atomic E-state index is 0.0400. The van der Waals surface area contributed by atoms with Gasteiger partial charge in [0.05, 0.1) is 6.04 Å². The zero-order valence-electron chi connectivity index (χ0n) is 16.8. The van der Waals surface area contributed by atoms with E-state index in [2.05, 4.69) is 4.74 Å². The monoisotopic (exact) mass is 424 g/mol. The topological polar surface area (TPSA) is 72.6 Å². The fraction of sp³-hybridized carbons (Fsp3) is 0.167. The Labute approximate surface area is 179 Å². The Kier molecular flexibility index (Phi) is 6.97. The second-order valence-electron chi connectivity index (χ2n) is 6.92. The summed E-state index contributed by atoms with van der Waals surface area (Å²) in [4.78, 5) is 27.4. The van der Waals surface area contributed by atoms with Gasteiger partial charge in [-0.15, -0.1) is 0 Å². The highest BCUT2D eigenvalue weighted by Gasteiger charge is 2.34. The molecular weight excluding hydrogens is 402 g/mol. The third-order valence-electron chi connectivity index (χ3n) is 4.90. The summed E-state index contributed by atoms with van der Waals surface area (Å²) in [5.74, 6) is -1.16. The average Bonchev–Trinajstić information content (AvgIpc) is 2.77. The second kappa shape index (κ2) is 9.84. The van der Waals surface area contributed by atoms with Crippen molar-refractivity contribution in [3.8, 4) is 5.75 Å². The zero-order chi connectivity index (χ0) is 22.4. The van der Waals surface area contributed by atoms with Crippen molar-refractivity contribution in [3.05, 3.63) is 102 Å². The normalized spacial score (nSPS) is 12.8. The Bertz CT molecular complexity index is 1030. The maximum Gasteiger partial charge on any atom is 0.387 e. The van der Waals surface area contributed by atoms with Crippen molar-refractivity contribution in [2.24, 2.45) is 5.73 Å². The summed E-state index contributed by atoms with van der Waals surface area (Å²) in [5.41, 5.74) is 7.18. The smallest absolute Gasteiger partial charge is 0.387 e. The fourth-order valence-electron chi connectivity index (χ4n) is 3.46. The Morgan fingerprint density at radius 1 is 0.871 bits per heavy atom. The largest absolute Gasteiger partial charge is 0.435 e. The molecule has 7 heteroatoms. The lowest BCUT2D eigenvalue weighted by Crippen LogP contribution is -2.43. The van der Waals surface area contributed by atoms with E-state index < -0.39 is 30.5 Å². The van der Waals surface area contributed by atoms with Crippen molar-refractivity contribution in [1.29, 1.82) is 0 Å². The first-order valence-corrected chi connectivity index (χ1v) is 9.65. The standard InChI is InChI=1S/C24H22F2N2O3/c1-16(19-13-8-14-20(15-19)31-24(25)26)28(23(30)18-11-6-3-7-12-18)21(22(27)29)17-9-4-2-5-10-17/h2-16,21,24H,1H3,(H2,27,29)/t16-,21-/m1/s1. The van der Waals surface area contributed by atoms with Gasteiger partial charge in [0, 0.05) is 5.56 Å². The van der Waals surface area contributed by atoms with Gasteiger partial charge in [-0.05, 0) is 42.3 Å². The molecular formula is C24H22F2N2O3. The number of nitrogens with zero attached hydrogens (tertiary/aromatic N) is 1. The molecule has 0 heterocycles. The highest BCUT2D eigenvalue weighted by atomic mass is 19.3. The lowest BCUT2D eigenvalue weighted by molar-refractivity contribution is -0.123. The number of hydrogen-bond acceptors (Lipinski definition) is 3. The van der Waals surface area contributed by atoms with Gasteiger partial charge in [0.1, 0.15) is 11.8 Å². The third kappa shape index (κ3) is 5.25. The van der Waals surface area contributed by atoms with Crippen molar-refractivity contribution in [1.82, 2.24) is 4.90 Å². The van der Waals surface area contributed by atoms with Crippen LogP contribution in [0.4, 0.5) is 8.78 Å². The Morgan fingerprint density at radius 3 is 2.03 bits per heavy atom. The minimum Gasteiger partial charge on any atom is -0.435 e. The molecule has 0 aliphatic rings. The lowest BCUT2D eigenvalue weighted by Gasteiger charge is -2.35. The van der Waals surface area contributed by atoms with Crippen LogP contribution in [0.3, 0.4) is 0 Å². The number of carbonyl (C=O) groups is 2. The van der Waals surface area contributed by atoms with E-state index in [1.165, 1.54) is 17.0 Å². The first-order valence-electron chi connectivity index (χ1n) is 9.65. The molecule has 0 bridgehead atoms. The highest BCUT2D eigenvalue weighted by molar-refractivity contribution is 5.98. The number of ether oxygens (including phenoxy) is 1. The van der Waals surface area contributed by atoms with Crippen LogP contribution in [-0.2, 0) is 4.79 Å². The van der Waals surface area contributed by atoms with Crippen LogP contribution in [0.1, 0.15) is 40.5 Å². The predicted molar refractivity (Wildman–Crippen MR) is 112 cm³/mol.